The molecule has 0 spiro atoms. The molecule has 1 fully saturated rings. The van der Waals surface area contributed by atoms with Crippen molar-refractivity contribution in [3.63, 3.8) is 0 Å². The zero-order chi connectivity index (χ0) is 24.6. The first kappa shape index (κ1) is 25.1. The lowest BCUT2D eigenvalue weighted by molar-refractivity contribution is -0.121. The summed E-state index contributed by atoms with van der Waals surface area (Å²) >= 11 is 7.41. The van der Waals surface area contributed by atoms with Gasteiger partial charge in [-0.25, -0.2) is 13.4 Å². The molecule has 4 rings (SSSR count). The highest BCUT2D eigenvalue weighted by molar-refractivity contribution is 7.89. The Morgan fingerprint density at radius 1 is 1.15 bits per heavy atom. The highest BCUT2D eigenvalue weighted by Crippen LogP contribution is 2.34. The second-order valence-corrected chi connectivity index (χ2v) is 12.2. The number of sulfonamides is 1. The molecule has 1 atom stereocenters. The summed E-state index contributed by atoms with van der Waals surface area (Å²) in [6.07, 6.45) is 1.11. The molecule has 2 aromatic carbocycles. The maximum Gasteiger partial charge on any atom is 0.247 e. The molecule has 1 amide bonds. The maximum absolute atomic E-state index is 13.9. The van der Waals surface area contributed by atoms with E-state index in [1.165, 1.54) is 27.8 Å². The van der Waals surface area contributed by atoms with Crippen molar-refractivity contribution in [1.29, 1.82) is 0 Å². The van der Waals surface area contributed by atoms with Crippen LogP contribution in [0.15, 0.2) is 41.3 Å². The first-order valence-electron chi connectivity index (χ1n) is 11.2. The van der Waals surface area contributed by atoms with Crippen LogP contribution in [0.25, 0.3) is 10.2 Å². The second-order valence-electron chi connectivity index (χ2n) is 8.87. The van der Waals surface area contributed by atoms with Gasteiger partial charge in [-0.05, 0) is 82.2 Å². The van der Waals surface area contributed by atoms with Crippen molar-refractivity contribution in [3.05, 3.63) is 52.5 Å². The van der Waals surface area contributed by atoms with Crippen molar-refractivity contribution in [2.45, 2.75) is 37.6 Å². The summed E-state index contributed by atoms with van der Waals surface area (Å²) in [6, 6.07) is 9.40. The van der Waals surface area contributed by atoms with Crippen molar-refractivity contribution < 1.29 is 13.2 Å². The monoisotopic (exact) mass is 520 g/mol. The smallest absolute Gasteiger partial charge is 0.247 e. The molecule has 0 aliphatic carbocycles. The summed E-state index contributed by atoms with van der Waals surface area (Å²) in [6.45, 7) is 5.44. The van der Waals surface area contributed by atoms with Crippen molar-refractivity contribution in [3.8, 4) is 0 Å². The number of likely N-dealkylation sites (N-methyl/N-ethyl adjacent to an activating group) is 1. The van der Waals surface area contributed by atoms with Crippen LogP contribution < -0.4 is 4.90 Å². The van der Waals surface area contributed by atoms with Crippen LogP contribution in [0, 0.1) is 13.8 Å². The van der Waals surface area contributed by atoms with E-state index in [2.05, 4.69) is 6.07 Å². The van der Waals surface area contributed by atoms with Crippen LogP contribution in [0.4, 0.5) is 5.13 Å². The molecule has 2 heterocycles. The van der Waals surface area contributed by atoms with Crippen LogP contribution in [-0.2, 0) is 14.8 Å². The predicted molar refractivity (Wildman–Crippen MR) is 138 cm³/mol. The number of aromatic nitrogens is 1. The maximum atomic E-state index is 13.9. The number of halogens is 1. The number of fused-ring (bicyclic) bond motifs is 1. The minimum Gasteiger partial charge on any atom is -0.308 e. The number of carbonyl (C=O) groups excluding carboxylic acids is 1. The van der Waals surface area contributed by atoms with Crippen LogP contribution in [0.2, 0.25) is 5.02 Å². The number of rotatable bonds is 7. The van der Waals surface area contributed by atoms with E-state index in [9.17, 15) is 13.2 Å². The summed E-state index contributed by atoms with van der Waals surface area (Å²) < 4.78 is 29.1. The second kappa shape index (κ2) is 9.91. The van der Waals surface area contributed by atoms with Gasteiger partial charge in [0.1, 0.15) is 6.04 Å². The van der Waals surface area contributed by atoms with Gasteiger partial charge in [-0.15, -0.1) is 0 Å². The standard InChI is InChI=1S/C24H29ClN4O3S2/c1-16-7-12-21-22(17(16)2)26-24(33-21)28(15-14-27(3)4)23(30)20-6-5-13-29(20)34(31,32)19-10-8-18(25)9-11-19/h7-12,20H,5-6,13-15H2,1-4H3. The molecule has 0 radical (unpaired) electrons. The van der Waals surface area contributed by atoms with Crippen LogP contribution in [-0.4, -0.2) is 68.3 Å². The summed E-state index contributed by atoms with van der Waals surface area (Å²) in [4.78, 5) is 22.5. The molecule has 0 bridgehead atoms. The van der Waals surface area contributed by atoms with Crippen molar-refractivity contribution in [2.24, 2.45) is 0 Å². The molecule has 7 nitrogen and oxygen atoms in total. The van der Waals surface area contributed by atoms with E-state index in [4.69, 9.17) is 16.6 Å². The Hall–Kier alpha value is -2.04. The number of thiazole rings is 1. The van der Waals surface area contributed by atoms with E-state index in [-0.39, 0.29) is 10.8 Å². The summed E-state index contributed by atoms with van der Waals surface area (Å²) in [5.74, 6) is -0.231. The average Bonchev–Trinajstić information content (AvgIpc) is 3.45. The fourth-order valence-electron chi connectivity index (χ4n) is 4.13. The fourth-order valence-corrected chi connectivity index (χ4v) is 6.96. The lowest BCUT2D eigenvalue weighted by Crippen LogP contribution is -2.49. The first-order chi connectivity index (χ1) is 16.1. The van der Waals surface area contributed by atoms with Crippen molar-refractivity contribution in [2.75, 3.05) is 38.6 Å². The number of hydrogen-bond donors (Lipinski definition) is 0. The van der Waals surface area contributed by atoms with Crippen molar-refractivity contribution in [1.82, 2.24) is 14.2 Å². The van der Waals surface area contributed by atoms with Gasteiger partial charge in [0.2, 0.25) is 15.9 Å². The third kappa shape index (κ3) is 4.85. The van der Waals surface area contributed by atoms with Gasteiger partial charge in [0, 0.05) is 24.7 Å². The normalized spacial score (nSPS) is 17.1. The van der Waals surface area contributed by atoms with Crippen LogP contribution in [0.3, 0.4) is 0 Å². The Bertz CT molecular complexity index is 1310. The Balaban J connectivity index is 1.70. The number of hydrogen-bond acceptors (Lipinski definition) is 6. The van der Waals surface area contributed by atoms with E-state index in [0.29, 0.717) is 42.6 Å². The van der Waals surface area contributed by atoms with Crippen LogP contribution in [0.1, 0.15) is 24.0 Å². The molecule has 0 N–H and O–H groups in total. The fraction of sp³-hybridized carbons (Fsp3) is 0.417. The molecule has 34 heavy (non-hydrogen) atoms. The largest absolute Gasteiger partial charge is 0.308 e. The third-order valence-electron chi connectivity index (χ3n) is 6.25. The summed E-state index contributed by atoms with van der Waals surface area (Å²) in [5, 5.41) is 1.07. The van der Waals surface area contributed by atoms with Gasteiger partial charge in [-0.1, -0.05) is 29.0 Å². The minimum atomic E-state index is -3.83. The van der Waals surface area contributed by atoms with Crippen molar-refractivity contribution >= 4 is 54.2 Å². The first-order valence-corrected chi connectivity index (χ1v) is 13.8. The SMILES string of the molecule is Cc1ccc2sc(N(CCN(C)C)C(=O)C3CCCN3S(=O)(=O)c3ccc(Cl)cc3)nc2c1C. The number of carbonyl (C=O) groups is 1. The van der Waals surface area contributed by atoms with Gasteiger partial charge in [0.25, 0.3) is 0 Å². The summed E-state index contributed by atoms with van der Waals surface area (Å²) in [7, 11) is 0.0578. The minimum absolute atomic E-state index is 0.141. The molecule has 3 aromatic rings. The molecular formula is C24H29ClN4O3S2. The zero-order valence-electron chi connectivity index (χ0n) is 19.8. The molecule has 10 heteroatoms. The van der Waals surface area contributed by atoms with Gasteiger partial charge >= 0.3 is 0 Å². The number of amides is 1. The molecule has 1 unspecified atom stereocenters. The topological polar surface area (TPSA) is 73.8 Å². The quantitative estimate of drug-likeness (QED) is 0.464. The summed E-state index contributed by atoms with van der Waals surface area (Å²) in [5.41, 5.74) is 3.12. The lowest BCUT2D eigenvalue weighted by atomic mass is 10.1. The number of nitrogens with zero attached hydrogens (tertiary/aromatic N) is 4. The lowest BCUT2D eigenvalue weighted by Gasteiger charge is -2.29. The number of aryl methyl sites for hydroxylation is 2. The Morgan fingerprint density at radius 2 is 1.85 bits per heavy atom. The predicted octanol–water partition coefficient (Wildman–Crippen LogP) is 4.31. The number of benzene rings is 2. The Morgan fingerprint density at radius 3 is 2.53 bits per heavy atom. The molecule has 0 saturated carbocycles. The molecular weight excluding hydrogens is 492 g/mol. The van der Waals surface area contributed by atoms with Gasteiger partial charge in [-0.3, -0.25) is 9.69 Å². The average molecular weight is 521 g/mol. The van der Waals surface area contributed by atoms with E-state index in [1.54, 1.807) is 17.0 Å². The van der Waals surface area contributed by atoms with Gasteiger partial charge in [-0.2, -0.15) is 4.31 Å². The Kier molecular flexibility index (Phi) is 7.30. The number of anilines is 1. The molecule has 1 saturated heterocycles. The zero-order valence-corrected chi connectivity index (χ0v) is 22.2. The highest BCUT2D eigenvalue weighted by atomic mass is 35.5. The molecule has 1 aliphatic heterocycles. The van der Waals surface area contributed by atoms with Crippen LogP contribution >= 0.6 is 22.9 Å². The molecule has 1 aromatic heterocycles. The molecule has 1 aliphatic rings. The highest BCUT2D eigenvalue weighted by Gasteiger charge is 2.42. The van der Waals surface area contributed by atoms with Gasteiger partial charge < -0.3 is 4.90 Å². The van der Waals surface area contributed by atoms with E-state index >= 15 is 0 Å². The van der Waals surface area contributed by atoms with Gasteiger partial charge in [0.15, 0.2) is 5.13 Å². The van der Waals surface area contributed by atoms with Gasteiger partial charge in [0.05, 0.1) is 15.1 Å². The van der Waals surface area contributed by atoms with E-state index in [0.717, 1.165) is 21.3 Å². The van der Waals surface area contributed by atoms with E-state index < -0.39 is 16.1 Å². The molecule has 182 valence electrons. The Labute approximate surface area is 210 Å². The van der Waals surface area contributed by atoms with Crippen LogP contribution in [0.5, 0.6) is 0 Å². The van der Waals surface area contributed by atoms with E-state index in [1.807, 2.05) is 38.9 Å². The third-order valence-corrected chi connectivity index (χ3v) is 9.47.